The van der Waals surface area contributed by atoms with Gasteiger partial charge >= 0.3 is 0 Å². The van der Waals surface area contributed by atoms with E-state index in [1.54, 1.807) is 43.5 Å². The number of benzene rings is 3. The number of nitrogens with one attached hydrogen (secondary N) is 2. The van der Waals surface area contributed by atoms with Crippen LogP contribution in [0.1, 0.15) is 32.4 Å². The largest absolute Gasteiger partial charge is 0.497 e. The summed E-state index contributed by atoms with van der Waals surface area (Å²) in [6.07, 6.45) is -0.691. The molecule has 1 aliphatic rings. The van der Waals surface area contributed by atoms with Crippen molar-refractivity contribution in [2.24, 2.45) is 0 Å². The van der Waals surface area contributed by atoms with Crippen molar-refractivity contribution < 1.29 is 19.2 Å². The van der Waals surface area contributed by atoms with Crippen LogP contribution in [0.4, 0.5) is 11.4 Å². The number of rotatable bonds is 5. The number of carbonyl (C=O) groups excluding carboxylic acids is 2. The Morgan fingerprint density at radius 3 is 2.44 bits per heavy atom. The number of amides is 2. The molecular formula is C22H17BrN4O5. The molecule has 0 aromatic heterocycles. The van der Waals surface area contributed by atoms with E-state index in [1.807, 2.05) is 6.07 Å². The van der Waals surface area contributed by atoms with Crippen LogP contribution < -0.4 is 15.5 Å². The number of ether oxygens (including phenoxy) is 1. The van der Waals surface area contributed by atoms with Crippen LogP contribution in [-0.2, 0) is 0 Å². The number of carbonyl (C=O) groups is 2. The van der Waals surface area contributed by atoms with E-state index in [2.05, 4.69) is 26.7 Å². The molecule has 0 radical (unpaired) electrons. The van der Waals surface area contributed by atoms with Gasteiger partial charge in [-0.15, -0.1) is 0 Å². The van der Waals surface area contributed by atoms with E-state index in [0.29, 0.717) is 17.0 Å². The molecular weight excluding hydrogens is 480 g/mol. The maximum absolute atomic E-state index is 13.3. The molecule has 0 saturated heterocycles. The lowest BCUT2D eigenvalue weighted by Gasteiger charge is -2.37. The molecule has 10 heteroatoms. The number of non-ortho nitro benzene ring substituents is 1. The molecule has 4 rings (SSSR count). The van der Waals surface area contributed by atoms with Crippen LogP contribution in [-0.4, -0.2) is 28.9 Å². The van der Waals surface area contributed by atoms with E-state index in [-0.39, 0.29) is 11.3 Å². The van der Waals surface area contributed by atoms with Gasteiger partial charge in [0, 0.05) is 27.9 Å². The van der Waals surface area contributed by atoms with Gasteiger partial charge in [0.1, 0.15) is 11.9 Å². The van der Waals surface area contributed by atoms with Gasteiger partial charge in [0.2, 0.25) is 0 Å². The zero-order chi connectivity index (χ0) is 22.8. The molecule has 3 aromatic rings. The third-order valence-electron chi connectivity index (χ3n) is 4.98. The highest BCUT2D eigenvalue weighted by molar-refractivity contribution is 9.10. The fraction of sp³-hybridized carbons (Fsp3) is 0.0909. The maximum atomic E-state index is 13.3. The molecule has 162 valence electrons. The second-order valence-corrected chi connectivity index (χ2v) is 7.85. The fourth-order valence-corrected chi connectivity index (χ4v) is 3.68. The van der Waals surface area contributed by atoms with Gasteiger partial charge in [0.15, 0.2) is 0 Å². The monoisotopic (exact) mass is 496 g/mol. The van der Waals surface area contributed by atoms with Crippen LogP contribution in [0.3, 0.4) is 0 Å². The van der Waals surface area contributed by atoms with Gasteiger partial charge in [0.05, 0.1) is 17.6 Å². The minimum atomic E-state index is -0.691. The van der Waals surface area contributed by atoms with E-state index in [0.717, 1.165) is 10.0 Å². The zero-order valence-electron chi connectivity index (χ0n) is 16.7. The Morgan fingerprint density at radius 2 is 1.81 bits per heavy atom. The van der Waals surface area contributed by atoms with E-state index in [9.17, 15) is 19.7 Å². The van der Waals surface area contributed by atoms with Crippen LogP contribution in [0.2, 0.25) is 0 Å². The van der Waals surface area contributed by atoms with Crippen LogP contribution in [0.15, 0.2) is 71.2 Å². The quantitative estimate of drug-likeness (QED) is 0.402. The number of hydrazine groups is 1. The van der Waals surface area contributed by atoms with Crippen molar-refractivity contribution in [2.75, 3.05) is 12.4 Å². The Labute approximate surface area is 191 Å². The fourth-order valence-electron chi connectivity index (χ4n) is 3.32. The Kier molecular flexibility index (Phi) is 5.78. The van der Waals surface area contributed by atoms with Gasteiger partial charge < -0.3 is 10.1 Å². The molecule has 3 aromatic carbocycles. The second kappa shape index (κ2) is 8.67. The zero-order valence-corrected chi connectivity index (χ0v) is 18.3. The third-order valence-corrected chi connectivity index (χ3v) is 5.47. The van der Waals surface area contributed by atoms with Crippen molar-refractivity contribution in [1.82, 2.24) is 10.4 Å². The lowest BCUT2D eigenvalue weighted by atomic mass is 10.0. The average molecular weight is 497 g/mol. The first-order chi connectivity index (χ1) is 15.4. The van der Waals surface area contributed by atoms with Crippen molar-refractivity contribution in [3.05, 3.63) is 98.0 Å². The lowest BCUT2D eigenvalue weighted by molar-refractivity contribution is -0.384. The molecule has 0 bridgehead atoms. The molecule has 2 N–H and O–H groups in total. The minimum Gasteiger partial charge on any atom is -0.497 e. The van der Waals surface area contributed by atoms with Gasteiger partial charge in [-0.2, -0.15) is 0 Å². The molecule has 1 atom stereocenters. The first-order valence-corrected chi connectivity index (χ1v) is 10.3. The maximum Gasteiger partial charge on any atom is 0.276 e. The molecule has 0 spiro atoms. The Hall–Kier alpha value is -3.92. The number of hydrogen-bond donors (Lipinski definition) is 2. The van der Waals surface area contributed by atoms with E-state index in [4.69, 9.17) is 4.74 Å². The van der Waals surface area contributed by atoms with Gasteiger partial charge in [-0.25, -0.2) is 5.01 Å². The highest BCUT2D eigenvalue weighted by atomic mass is 79.9. The van der Waals surface area contributed by atoms with Gasteiger partial charge in [-0.1, -0.05) is 28.1 Å². The summed E-state index contributed by atoms with van der Waals surface area (Å²) in [4.78, 5) is 36.5. The van der Waals surface area contributed by atoms with Gasteiger partial charge in [-0.05, 0) is 48.0 Å². The normalized spacial score (nSPS) is 14.9. The molecule has 2 amide bonds. The average Bonchev–Trinajstić information content (AvgIpc) is 2.81. The summed E-state index contributed by atoms with van der Waals surface area (Å²) in [7, 11) is 1.56. The Bertz CT molecular complexity index is 1200. The van der Waals surface area contributed by atoms with Crippen molar-refractivity contribution in [3.63, 3.8) is 0 Å². The third kappa shape index (κ3) is 4.12. The molecule has 9 nitrogen and oxygen atoms in total. The number of anilines is 1. The molecule has 1 heterocycles. The molecule has 1 aliphatic heterocycles. The summed E-state index contributed by atoms with van der Waals surface area (Å²) in [6.45, 7) is 0. The van der Waals surface area contributed by atoms with Crippen LogP contribution in [0.25, 0.3) is 0 Å². The van der Waals surface area contributed by atoms with E-state index >= 15 is 0 Å². The van der Waals surface area contributed by atoms with E-state index < -0.39 is 22.9 Å². The number of nitrogens with zero attached hydrogens (tertiary/aromatic N) is 2. The number of methoxy groups -OCH3 is 1. The lowest BCUT2D eigenvalue weighted by Crippen LogP contribution is -2.52. The number of nitro benzene ring substituents is 1. The van der Waals surface area contributed by atoms with Crippen molar-refractivity contribution in [3.8, 4) is 5.75 Å². The highest BCUT2D eigenvalue weighted by Crippen LogP contribution is 2.34. The SMILES string of the molecule is COc1ccc(C2Nc3ccc(Br)cc3C(=O)N2NC(=O)c2ccc([N+](=O)[O-])cc2)cc1. The highest BCUT2D eigenvalue weighted by Gasteiger charge is 2.34. The molecule has 0 fully saturated rings. The van der Waals surface area contributed by atoms with Gasteiger partial charge in [-0.3, -0.25) is 25.1 Å². The Morgan fingerprint density at radius 1 is 1.12 bits per heavy atom. The minimum absolute atomic E-state index is 0.132. The smallest absolute Gasteiger partial charge is 0.276 e. The predicted octanol–water partition coefficient (Wildman–Crippen LogP) is 4.28. The van der Waals surface area contributed by atoms with Gasteiger partial charge in [0.25, 0.3) is 17.5 Å². The van der Waals surface area contributed by atoms with Crippen LogP contribution in [0.5, 0.6) is 5.75 Å². The molecule has 0 saturated carbocycles. The van der Waals surface area contributed by atoms with Crippen molar-refractivity contribution in [1.29, 1.82) is 0 Å². The summed E-state index contributed by atoms with van der Waals surface area (Å²) in [5, 5.41) is 15.4. The van der Waals surface area contributed by atoms with Crippen molar-refractivity contribution in [2.45, 2.75) is 6.17 Å². The summed E-state index contributed by atoms with van der Waals surface area (Å²) in [5.74, 6) is -0.329. The number of hydrogen-bond acceptors (Lipinski definition) is 6. The number of nitro groups is 1. The van der Waals surface area contributed by atoms with Crippen molar-refractivity contribution >= 4 is 39.1 Å². The molecule has 0 aliphatic carbocycles. The van der Waals surface area contributed by atoms with E-state index in [1.165, 1.54) is 29.3 Å². The molecule has 1 unspecified atom stereocenters. The summed E-state index contributed by atoms with van der Waals surface area (Å²) in [6, 6.07) is 17.5. The topological polar surface area (TPSA) is 114 Å². The van der Waals surface area contributed by atoms with Crippen LogP contribution in [0, 0.1) is 10.1 Å². The Balaban J connectivity index is 1.68. The number of halogens is 1. The standard InChI is InChI=1S/C22H17BrN4O5/c1-32-17-9-4-13(5-10-17)20-24-19-11-6-15(23)12-18(19)22(29)26(20)25-21(28)14-2-7-16(8-3-14)27(30)31/h2-12,20,24H,1H3,(H,25,28). The first-order valence-electron chi connectivity index (χ1n) is 9.46. The predicted molar refractivity (Wildman–Crippen MR) is 120 cm³/mol. The second-order valence-electron chi connectivity index (χ2n) is 6.93. The first kappa shape index (κ1) is 21.3. The number of fused-ring (bicyclic) bond motifs is 1. The molecule has 32 heavy (non-hydrogen) atoms. The summed E-state index contributed by atoms with van der Waals surface area (Å²) in [5.41, 5.74) is 4.41. The summed E-state index contributed by atoms with van der Waals surface area (Å²) >= 11 is 3.36. The van der Waals surface area contributed by atoms with Crippen LogP contribution >= 0.6 is 15.9 Å². The summed E-state index contributed by atoms with van der Waals surface area (Å²) < 4.78 is 5.92.